The van der Waals surface area contributed by atoms with Crippen LogP contribution in [-0.4, -0.2) is 12.6 Å². The summed E-state index contributed by atoms with van der Waals surface area (Å²) in [5.41, 5.74) is 11.3. The second kappa shape index (κ2) is 5.90. The highest BCUT2D eigenvalue weighted by Gasteiger charge is 2.26. The van der Waals surface area contributed by atoms with E-state index in [1.165, 1.54) is 22.3 Å². The minimum Gasteiger partial charge on any atom is -0.492 e. The molecule has 110 valence electrons. The van der Waals surface area contributed by atoms with Gasteiger partial charge >= 0.3 is 0 Å². The Morgan fingerprint density at radius 3 is 2.76 bits per heavy atom. The summed E-state index contributed by atoms with van der Waals surface area (Å²) in [5, 5.41) is 0. The molecule has 2 heteroatoms. The first-order valence-corrected chi connectivity index (χ1v) is 7.70. The van der Waals surface area contributed by atoms with Crippen molar-refractivity contribution in [2.75, 3.05) is 6.61 Å². The fourth-order valence-corrected chi connectivity index (χ4v) is 3.12. The summed E-state index contributed by atoms with van der Waals surface area (Å²) in [6.45, 7) is 4.90. The van der Waals surface area contributed by atoms with Gasteiger partial charge in [-0.2, -0.15) is 0 Å². The van der Waals surface area contributed by atoms with Crippen molar-refractivity contribution in [3.05, 3.63) is 64.7 Å². The van der Waals surface area contributed by atoms with Crippen LogP contribution in [0.4, 0.5) is 0 Å². The van der Waals surface area contributed by atoms with E-state index < -0.39 is 0 Å². The number of ether oxygens (including phenoxy) is 1. The van der Waals surface area contributed by atoms with Crippen LogP contribution in [0.15, 0.2) is 42.5 Å². The molecular formula is C19H23NO. The van der Waals surface area contributed by atoms with Gasteiger partial charge in [-0.3, -0.25) is 0 Å². The van der Waals surface area contributed by atoms with Gasteiger partial charge in [-0.15, -0.1) is 0 Å². The van der Waals surface area contributed by atoms with Crippen molar-refractivity contribution in [3.8, 4) is 5.75 Å². The minimum absolute atomic E-state index is 0.151. The van der Waals surface area contributed by atoms with Crippen LogP contribution in [0, 0.1) is 6.92 Å². The van der Waals surface area contributed by atoms with Gasteiger partial charge in [0.05, 0.1) is 6.61 Å². The van der Waals surface area contributed by atoms with E-state index in [2.05, 4.69) is 49.4 Å². The predicted octanol–water partition coefficient (Wildman–Crippen LogP) is 3.60. The fourth-order valence-electron chi connectivity index (χ4n) is 3.12. The van der Waals surface area contributed by atoms with Crippen molar-refractivity contribution in [1.82, 2.24) is 0 Å². The smallest absolute Gasteiger partial charge is 0.125 e. The summed E-state index contributed by atoms with van der Waals surface area (Å²) >= 11 is 0. The molecule has 2 aromatic rings. The highest BCUT2D eigenvalue weighted by molar-refractivity contribution is 5.43. The molecule has 0 bridgehead atoms. The van der Waals surface area contributed by atoms with E-state index in [-0.39, 0.29) is 6.04 Å². The molecule has 2 unspecified atom stereocenters. The molecule has 3 rings (SSSR count). The van der Waals surface area contributed by atoms with Crippen LogP contribution < -0.4 is 10.5 Å². The number of benzene rings is 2. The van der Waals surface area contributed by atoms with E-state index in [1.807, 2.05) is 6.92 Å². The van der Waals surface area contributed by atoms with Crippen molar-refractivity contribution in [3.63, 3.8) is 0 Å². The molecule has 0 fully saturated rings. The summed E-state index contributed by atoms with van der Waals surface area (Å²) in [6, 6.07) is 15.1. The van der Waals surface area contributed by atoms with E-state index in [0.29, 0.717) is 5.92 Å². The molecule has 1 aliphatic rings. The lowest BCUT2D eigenvalue weighted by molar-refractivity contribution is 0.271. The maximum absolute atomic E-state index is 6.17. The molecule has 21 heavy (non-hydrogen) atoms. The van der Waals surface area contributed by atoms with Gasteiger partial charge in [0.25, 0.3) is 0 Å². The Hall–Kier alpha value is -1.80. The number of fused-ring (bicyclic) bond motifs is 1. The van der Waals surface area contributed by atoms with Crippen LogP contribution in [-0.2, 0) is 12.8 Å². The SMILES string of the molecule is Cc1cccc(CC(C)N)c1OCC1Cc2ccccc21. The lowest BCUT2D eigenvalue weighted by Crippen LogP contribution is -2.24. The van der Waals surface area contributed by atoms with Gasteiger partial charge in [-0.1, -0.05) is 42.5 Å². The van der Waals surface area contributed by atoms with E-state index in [1.54, 1.807) is 0 Å². The molecule has 0 radical (unpaired) electrons. The van der Waals surface area contributed by atoms with E-state index >= 15 is 0 Å². The Morgan fingerprint density at radius 2 is 2.00 bits per heavy atom. The summed E-state index contributed by atoms with van der Waals surface area (Å²) in [6.07, 6.45) is 1.99. The third-order valence-electron chi connectivity index (χ3n) is 4.23. The molecule has 0 aliphatic heterocycles. The van der Waals surface area contributed by atoms with Gasteiger partial charge in [0, 0.05) is 12.0 Å². The third-order valence-corrected chi connectivity index (χ3v) is 4.23. The monoisotopic (exact) mass is 281 g/mol. The predicted molar refractivity (Wildman–Crippen MR) is 86.9 cm³/mol. The number of nitrogens with two attached hydrogens (primary N) is 1. The summed E-state index contributed by atoms with van der Waals surface area (Å²) in [5.74, 6) is 1.56. The Labute approximate surface area is 126 Å². The zero-order valence-corrected chi connectivity index (χ0v) is 12.8. The molecule has 1 aliphatic carbocycles. The number of rotatable bonds is 5. The molecule has 2 aromatic carbocycles. The number of hydrogen-bond donors (Lipinski definition) is 1. The number of aryl methyl sites for hydroxylation is 1. The van der Waals surface area contributed by atoms with Crippen LogP contribution in [0.25, 0.3) is 0 Å². The van der Waals surface area contributed by atoms with Gasteiger partial charge in [0.15, 0.2) is 0 Å². The third kappa shape index (κ3) is 2.96. The Bertz CT molecular complexity index is 633. The zero-order chi connectivity index (χ0) is 14.8. The first-order chi connectivity index (χ1) is 10.1. The van der Waals surface area contributed by atoms with Crippen LogP contribution in [0.2, 0.25) is 0 Å². The van der Waals surface area contributed by atoms with Gasteiger partial charge in [-0.05, 0) is 48.9 Å². The number of para-hydroxylation sites is 1. The van der Waals surface area contributed by atoms with Crippen LogP contribution in [0.3, 0.4) is 0 Å². The van der Waals surface area contributed by atoms with Crippen molar-refractivity contribution in [2.24, 2.45) is 5.73 Å². The quantitative estimate of drug-likeness (QED) is 0.908. The Morgan fingerprint density at radius 1 is 1.19 bits per heavy atom. The Kier molecular flexibility index (Phi) is 3.98. The summed E-state index contributed by atoms with van der Waals surface area (Å²) in [7, 11) is 0. The number of hydrogen-bond acceptors (Lipinski definition) is 2. The van der Waals surface area contributed by atoms with Gasteiger partial charge in [0.2, 0.25) is 0 Å². The van der Waals surface area contributed by atoms with Gasteiger partial charge in [0.1, 0.15) is 5.75 Å². The summed E-state index contributed by atoms with van der Waals surface area (Å²) < 4.78 is 6.17. The molecule has 0 saturated heterocycles. The molecule has 0 saturated carbocycles. The second-order valence-electron chi connectivity index (χ2n) is 6.16. The van der Waals surface area contributed by atoms with Crippen molar-refractivity contribution in [2.45, 2.75) is 38.6 Å². The average Bonchev–Trinajstić information content (AvgIpc) is 2.42. The van der Waals surface area contributed by atoms with Gasteiger partial charge < -0.3 is 10.5 Å². The maximum atomic E-state index is 6.17. The lowest BCUT2D eigenvalue weighted by Gasteiger charge is -2.30. The average molecular weight is 281 g/mol. The maximum Gasteiger partial charge on any atom is 0.125 e. The van der Waals surface area contributed by atoms with E-state index in [4.69, 9.17) is 10.5 Å². The van der Waals surface area contributed by atoms with E-state index in [0.717, 1.165) is 25.2 Å². The second-order valence-corrected chi connectivity index (χ2v) is 6.16. The van der Waals surface area contributed by atoms with Crippen molar-refractivity contribution in [1.29, 1.82) is 0 Å². The van der Waals surface area contributed by atoms with E-state index in [9.17, 15) is 0 Å². The minimum atomic E-state index is 0.151. The molecule has 0 spiro atoms. The molecular weight excluding hydrogens is 258 g/mol. The molecule has 0 aromatic heterocycles. The zero-order valence-electron chi connectivity index (χ0n) is 12.8. The topological polar surface area (TPSA) is 35.2 Å². The first kappa shape index (κ1) is 14.2. The van der Waals surface area contributed by atoms with Crippen LogP contribution >= 0.6 is 0 Å². The highest BCUT2D eigenvalue weighted by Crippen LogP contribution is 2.36. The van der Waals surface area contributed by atoms with Crippen molar-refractivity contribution >= 4 is 0 Å². The first-order valence-electron chi connectivity index (χ1n) is 7.70. The Balaban J connectivity index is 1.71. The van der Waals surface area contributed by atoms with Crippen LogP contribution in [0.5, 0.6) is 5.75 Å². The highest BCUT2D eigenvalue weighted by atomic mass is 16.5. The molecule has 0 amide bonds. The van der Waals surface area contributed by atoms with Gasteiger partial charge in [-0.25, -0.2) is 0 Å². The normalized spacial score (nSPS) is 17.8. The molecule has 2 N–H and O–H groups in total. The largest absolute Gasteiger partial charge is 0.492 e. The fraction of sp³-hybridized carbons (Fsp3) is 0.368. The standard InChI is InChI=1S/C19H23NO/c1-13-6-5-8-16(10-14(2)20)19(13)21-12-17-11-15-7-3-4-9-18(15)17/h3-9,14,17H,10-12,20H2,1-2H3. The summed E-state index contributed by atoms with van der Waals surface area (Å²) in [4.78, 5) is 0. The lowest BCUT2D eigenvalue weighted by atomic mass is 9.78. The molecule has 2 atom stereocenters. The molecule has 2 nitrogen and oxygen atoms in total. The van der Waals surface area contributed by atoms with Crippen LogP contribution in [0.1, 0.15) is 35.1 Å². The molecule has 0 heterocycles. The van der Waals surface area contributed by atoms with Crippen molar-refractivity contribution < 1.29 is 4.74 Å².